The number of nitrogens with zero attached hydrogens (tertiary/aromatic N) is 1. The highest BCUT2D eigenvalue weighted by molar-refractivity contribution is 7.90. The maximum absolute atomic E-state index is 14.7. The van der Waals surface area contributed by atoms with Crippen LogP contribution in [0.1, 0.15) is 46.8 Å². The van der Waals surface area contributed by atoms with E-state index >= 15 is 0 Å². The third-order valence-electron chi connectivity index (χ3n) is 6.82. The van der Waals surface area contributed by atoms with Crippen molar-refractivity contribution < 1.29 is 44.3 Å². The van der Waals surface area contributed by atoms with Gasteiger partial charge >= 0.3 is 6.18 Å². The van der Waals surface area contributed by atoms with Crippen molar-refractivity contribution in [2.24, 2.45) is 11.8 Å². The van der Waals surface area contributed by atoms with Crippen LogP contribution in [0.5, 0.6) is 0 Å². The van der Waals surface area contributed by atoms with Gasteiger partial charge in [-0.25, -0.2) is 21.6 Å². The Hall–Kier alpha value is -3.09. The van der Waals surface area contributed by atoms with Gasteiger partial charge in [-0.05, 0) is 55.5 Å². The lowest BCUT2D eigenvalue weighted by atomic mass is 9.98. The summed E-state index contributed by atoms with van der Waals surface area (Å²) < 4.78 is 105. The molecule has 1 heterocycles. The van der Waals surface area contributed by atoms with Gasteiger partial charge in [-0.2, -0.15) is 13.2 Å². The highest BCUT2D eigenvalue weighted by Crippen LogP contribution is 2.43. The van der Waals surface area contributed by atoms with Gasteiger partial charge in [0.1, 0.15) is 11.9 Å². The van der Waals surface area contributed by atoms with E-state index in [1.54, 1.807) is 0 Å². The standard InChI is InChI=1S/C25H24F6N2O4S/c1-38(36,37)17-4-2-3-14(9-17)24(35)33-12-15(22(27)28)10-20(33)23(34)32-21(13-5-6-13)18-8-7-16(11-19(18)26)25(29,30)31/h2-4,7-9,11,13,15,20-22H,5-6,10,12H2,1H3,(H,32,34)/t15-,20-,21?/m1/s1. The molecule has 1 aliphatic carbocycles. The molecule has 4 rings (SSSR count). The summed E-state index contributed by atoms with van der Waals surface area (Å²) in [5.41, 5.74) is -1.48. The van der Waals surface area contributed by atoms with Gasteiger partial charge in [0, 0.05) is 29.8 Å². The third-order valence-corrected chi connectivity index (χ3v) is 7.93. The van der Waals surface area contributed by atoms with E-state index in [-0.39, 0.29) is 21.9 Å². The van der Waals surface area contributed by atoms with Crippen molar-refractivity contribution in [3.8, 4) is 0 Å². The van der Waals surface area contributed by atoms with Crippen molar-refractivity contribution in [1.29, 1.82) is 0 Å². The quantitative estimate of drug-likeness (QED) is 0.500. The predicted molar refractivity (Wildman–Crippen MR) is 123 cm³/mol. The number of halogens is 6. The first kappa shape index (κ1) is 27.9. The molecule has 1 N–H and O–H groups in total. The fourth-order valence-corrected chi connectivity index (χ4v) is 5.30. The van der Waals surface area contributed by atoms with Crippen LogP contribution in [0.25, 0.3) is 0 Å². The second kappa shape index (κ2) is 10.2. The predicted octanol–water partition coefficient (Wildman–Crippen LogP) is 4.61. The molecule has 0 aromatic heterocycles. The van der Waals surface area contributed by atoms with Gasteiger partial charge in [0.15, 0.2) is 9.84 Å². The number of amides is 2. The Balaban J connectivity index is 1.61. The first-order valence-corrected chi connectivity index (χ1v) is 13.6. The monoisotopic (exact) mass is 562 g/mol. The zero-order valence-corrected chi connectivity index (χ0v) is 20.8. The van der Waals surface area contributed by atoms with Crippen LogP contribution in [-0.4, -0.2) is 50.4 Å². The van der Waals surface area contributed by atoms with Crippen molar-refractivity contribution in [3.63, 3.8) is 0 Å². The Labute approximate surface area is 214 Å². The van der Waals surface area contributed by atoms with Crippen LogP contribution in [0.3, 0.4) is 0 Å². The summed E-state index contributed by atoms with van der Waals surface area (Å²) in [5.74, 6) is -4.46. The van der Waals surface area contributed by atoms with E-state index in [1.165, 1.54) is 18.2 Å². The lowest BCUT2D eigenvalue weighted by Gasteiger charge is -2.27. The van der Waals surface area contributed by atoms with Gasteiger partial charge in [0.05, 0.1) is 16.5 Å². The average Bonchev–Trinajstić information content (AvgIpc) is 3.57. The topological polar surface area (TPSA) is 83.6 Å². The lowest BCUT2D eigenvalue weighted by Crippen LogP contribution is -2.47. The number of carbonyl (C=O) groups is 2. The molecule has 0 bridgehead atoms. The molecule has 3 atom stereocenters. The second-order valence-electron chi connectivity index (χ2n) is 9.66. The number of nitrogens with one attached hydrogen (secondary N) is 1. The zero-order valence-electron chi connectivity index (χ0n) is 20.0. The Morgan fingerprint density at radius 2 is 1.74 bits per heavy atom. The van der Waals surface area contributed by atoms with Crippen molar-refractivity contribution in [3.05, 3.63) is 65.0 Å². The Morgan fingerprint density at radius 1 is 1.05 bits per heavy atom. The molecule has 1 saturated carbocycles. The van der Waals surface area contributed by atoms with Crippen LogP contribution >= 0.6 is 0 Å². The minimum absolute atomic E-state index is 0.117. The molecular weight excluding hydrogens is 538 g/mol. The lowest BCUT2D eigenvalue weighted by molar-refractivity contribution is -0.137. The molecule has 1 unspecified atom stereocenters. The van der Waals surface area contributed by atoms with Crippen molar-refractivity contribution in [1.82, 2.24) is 10.2 Å². The van der Waals surface area contributed by atoms with Gasteiger partial charge in [-0.3, -0.25) is 9.59 Å². The maximum atomic E-state index is 14.7. The van der Waals surface area contributed by atoms with Gasteiger partial charge < -0.3 is 10.2 Å². The molecule has 1 aliphatic heterocycles. The largest absolute Gasteiger partial charge is 0.416 e. The van der Waals surface area contributed by atoms with E-state index in [0.29, 0.717) is 25.0 Å². The first-order chi connectivity index (χ1) is 17.7. The summed E-state index contributed by atoms with van der Waals surface area (Å²) in [6.07, 6.45) is -5.94. The molecule has 2 fully saturated rings. The summed E-state index contributed by atoms with van der Waals surface area (Å²) in [4.78, 5) is 27.3. The molecule has 2 aromatic carbocycles. The highest BCUT2D eigenvalue weighted by atomic mass is 32.2. The van der Waals surface area contributed by atoms with E-state index < -0.39 is 76.6 Å². The number of hydrogen-bond acceptors (Lipinski definition) is 4. The maximum Gasteiger partial charge on any atom is 0.416 e. The smallest absolute Gasteiger partial charge is 0.347 e. The number of rotatable bonds is 7. The molecule has 2 aromatic rings. The average molecular weight is 563 g/mol. The first-order valence-electron chi connectivity index (χ1n) is 11.7. The minimum Gasteiger partial charge on any atom is -0.347 e. The Morgan fingerprint density at radius 3 is 2.29 bits per heavy atom. The molecule has 2 amide bonds. The zero-order chi connectivity index (χ0) is 28.0. The molecule has 0 spiro atoms. The number of sulfone groups is 1. The summed E-state index contributed by atoms with van der Waals surface area (Å²) in [6, 6.07) is 4.56. The van der Waals surface area contributed by atoms with Crippen LogP contribution < -0.4 is 5.32 Å². The molecule has 0 radical (unpaired) electrons. The van der Waals surface area contributed by atoms with E-state index in [4.69, 9.17) is 0 Å². The molecule has 13 heteroatoms. The van der Waals surface area contributed by atoms with Gasteiger partial charge in [0.2, 0.25) is 12.3 Å². The Kier molecular flexibility index (Phi) is 7.52. The van der Waals surface area contributed by atoms with Crippen molar-refractivity contribution in [2.75, 3.05) is 12.8 Å². The van der Waals surface area contributed by atoms with Crippen LogP contribution in [0.4, 0.5) is 26.3 Å². The number of hydrogen-bond donors (Lipinski definition) is 1. The van der Waals surface area contributed by atoms with Crippen LogP contribution in [0.15, 0.2) is 47.4 Å². The highest BCUT2D eigenvalue weighted by Gasteiger charge is 2.45. The van der Waals surface area contributed by atoms with Gasteiger partial charge in [0.25, 0.3) is 5.91 Å². The molecular formula is C25H24F6N2O4S. The number of alkyl halides is 5. The van der Waals surface area contributed by atoms with Crippen LogP contribution in [0, 0.1) is 17.7 Å². The summed E-state index contributed by atoms with van der Waals surface area (Å²) in [5, 5.41) is 2.57. The molecule has 6 nitrogen and oxygen atoms in total. The molecule has 1 saturated heterocycles. The SMILES string of the molecule is CS(=O)(=O)c1cccc(C(=O)N2C[C@H](C(F)F)C[C@@H]2C(=O)NC(c2ccc(C(F)(F)F)cc2F)C2CC2)c1. The minimum atomic E-state index is -4.76. The normalized spacial score (nSPS) is 21.0. The van der Waals surface area contributed by atoms with Gasteiger partial charge in [-0.1, -0.05) is 12.1 Å². The Bertz CT molecular complexity index is 1340. The number of carbonyl (C=O) groups excluding carboxylic acids is 2. The molecule has 2 aliphatic rings. The van der Waals surface area contributed by atoms with E-state index in [9.17, 15) is 44.3 Å². The summed E-state index contributed by atoms with van der Waals surface area (Å²) in [7, 11) is -3.68. The molecule has 38 heavy (non-hydrogen) atoms. The van der Waals surface area contributed by atoms with Gasteiger partial charge in [-0.15, -0.1) is 0 Å². The summed E-state index contributed by atoms with van der Waals surface area (Å²) >= 11 is 0. The summed E-state index contributed by atoms with van der Waals surface area (Å²) in [6.45, 7) is -0.472. The van der Waals surface area contributed by atoms with E-state index in [0.717, 1.165) is 23.3 Å². The fourth-order valence-electron chi connectivity index (χ4n) is 4.63. The fraction of sp³-hybridized carbons (Fsp3) is 0.440. The number of likely N-dealkylation sites (tertiary alicyclic amines) is 1. The van der Waals surface area contributed by atoms with E-state index in [1.807, 2.05) is 0 Å². The molecule has 206 valence electrons. The van der Waals surface area contributed by atoms with Crippen LogP contribution in [0.2, 0.25) is 0 Å². The van der Waals surface area contributed by atoms with Crippen molar-refractivity contribution >= 4 is 21.7 Å². The van der Waals surface area contributed by atoms with Crippen molar-refractivity contribution in [2.45, 2.75) is 48.8 Å². The number of benzene rings is 2. The van der Waals surface area contributed by atoms with Crippen LogP contribution in [-0.2, 0) is 20.8 Å². The second-order valence-corrected chi connectivity index (χ2v) is 11.7. The van der Waals surface area contributed by atoms with E-state index in [2.05, 4.69) is 5.32 Å². The third kappa shape index (κ3) is 5.97.